The average molecular weight is 421 g/mol. The Morgan fingerprint density at radius 1 is 1.00 bits per heavy atom. The first-order chi connectivity index (χ1) is 15.0. The van der Waals surface area contributed by atoms with Gasteiger partial charge in [0, 0.05) is 19.3 Å². The minimum absolute atomic E-state index is 0.142. The zero-order valence-electron chi connectivity index (χ0n) is 18.1. The molecule has 0 unspecified atom stereocenters. The van der Waals surface area contributed by atoms with E-state index in [1.165, 1.54) is 4.90 Å². The number of rotatable bonds is 6. The lowest BCUT2D eigenvalue weighted by atomic mass is 9.97. The molecule has 0 atom stereocenters. The number of benzene rings is 1. The molecule has 1 fully saturated rings. The van der Waals surface area contributed by atoms with Gasteiger partial charge in [-0.15, -0.1) is 0 Å². The van der Waals surface area contributed by atoms with Crippen molar-refractivity contribution in [1.82, 2.24) is 14.8 Å². The molecule has 0 aliphatic carbocycles. The van der Waals surface area contributed by atoms with Crippen molar-refractivity contribution in [3.8, 4) is 11.5 Å². The van der Waals surface area contributed by atoms with Crippen LogP contribution >= 0.6 is 0 Å². The van der Waals surface area contributed by atoms with Gasteiger partial charge in [-0.25, -0.2) is 0 Å². The second kappa shape index (κ2) is 8.79. The normalized spacial score (nSPS) is 17.5. The molecule has 2 aliphatic rings. The van der Waals surface area contributed by atoms with E-state index < -0.39 is 0 Å². The molecule has 31 heavy (non-hydrogen) atoms. The quantitative estimate of drug-likeness (QED) is 0.668. The number of nitrogens with zero attached hydrogens (tertiary/aromatic N) is 3. The fourth-order valence-corrected chi connectivity index (χ4v) is 4.14. The van der Waals surface area contributed by atoms with Crippen LogP contribution in [0.1, 0.15) is 31.0 Å². The highest BCUT2D eigenvalue weighted by molar-refractivity contribution is 6.35. The summed E-state index contributed by atoms with van der Waals surface area (Å²) in [5, 5.41) is 0. The Balaban J connectivity index is 1.76. The predicted octanol–water partition coefficient (Wildman–Crippen LogP) is 3.11. The van der Waals surface area contributed by atoms with Crippen LogP contribution in [0.3, 0.4) is 0 Å². The molecule has 3 heterocycles. The maximum absolute atomic E-state index is 13.5. The molecule has 2 aromatic rings. The summed E-state index contributed by atoms with van der Waals surface area (Å²) in [6.07, 6.45) is 3.64. The number of imide groups is 1. The first-order valence-electron chi connectivity index (χ1n) is 10.5. The van der Waals surface area contributed by atoms with Crippen LogP contribution in [-0.4, -0.2) is 53.9 Å². The lowest BCUT2D eigenvalue weighted by molar-refractivity contribution is -0.138. The van der Waals surface area contributed by atoms with Crippen molar-refractivity contribution in [1.29, 1.82) is 0 Å². The largest absolute Gasteiger partial charge is 0.493 e. The highest BCUT2D eigenvalue weighted by Crippen LogP contribution is 2.37. The number of hydrogen-bond acceptors (Lipinski definition) is 6. The lowest BCUT2D eigenvalue weighted by Gasteiger charge is -2.32. The van der Waals surface area contributed by atoms with Gasteiger partial charge in [0.05, 0.1) is 32.0 Å². The van der Waals surface area contributed by atoms with E-state index in [1.807, 2.05) is 18.2 Å². The van der Waals surface area contributed by atoms with Gasteiger partial charge in [-0.1, -0.05) is 19.1 Å². The maximum Gasteiger partial charge on any atom is 0.278 e. The average Bonchev–Trinajstić information content (AvgIpc) is 3.04. The minimum Gasteiger partial charge on any atom is -0.493 e. The summed E-state index contributed by atoms with van der Waals surface area (Å²) >= 11 is 0. The van der Waals surface area contributed by atoms with Gasteiger partial charge in [0.25, 0.3) is 11.8 Å². The third-order valence-corrected chi connectivity index (χ3v) is 5.96. The number of ether oxygens (including phenoxy) is 2. The Hall–Kier alpha value is -3.35. The molecule has 162 valence electrons. The lowest BCUT2D eigenvalue weighted by Crippen LogP contribution is -2.38. The van der Waals surface area contributed by atoms with E-state index in [0.717, 1.165) is 25.9 Å². The Kier molecular flexibility index (Phi) is 5.93. The van der Waals surface area contributed by atoms with Crippen LogP contribution in [0.2, 0.25) is 0 Å². The zero-order valence-corrected chi connectivity index (χ0v) is 18.1. The number of carbonyl (C=O) groups excluding carboxylic acids is 2. The van der Waals surface area contributed by atoms with Crippen LogP contribution < -0.4 is 9.47 Å². The third kappa shape index (κ3) is 4.00. The van der Waals surface area contributed by atoms with E-state index in [0.29, 0.717) is 39.9 Å². The van der Waals surface area contributed by atoms with Crippen LogP contribution in [0.25, 0.3) is 5.57 Å². The van der Waals surface area contributed by atoms with Crippen molar-refractivity contribution in [2.45, 2.75) is 26.3 Å². The molecular weight excluding hydrogens is 394 g/mol. The molecule has 2 amide bonds. The van der Waals surface area contributed by atoms with Crippen LogP contribution in [0, 0.1) is 5.92 Å². The van der Waals surface area contributed by atoms with Crippen molar-refractivity contribution in [2.75, 3.05) is 27.3 Å². The number of piperidine rings is 1. The second-order valence-electron chi connectivity index (χ2n) is 7.98. The number of likely N-dealkylation sites (tertiary alicyclic amines) is 1. The maximum atomic E-state index is 13.5. The highest BCUT2D eigenvalue weighted by Gasteiger charge is 2.42. The predicted molar refractivity (Wildman–Crippen MR) is 116 cm³/mol. The summed E-state index contributed by atoms with van der Waals surface area (Å²) < 4.78 is 10.8. The molecule has 0 bridgehead atoms. The number of methoxy groups -OCH3 is 2. The van der Waals surface area contributed by atoms with E-state index >= 15 is 0 Å². The zero-order chi connectivity index (χ0) is 22.0. The topological polar surface area (TPSA) is 72.0 Å². The van der Waals surface area contributed by atoms with Gasteiger partial charge in [0.1, 0.15) is 5.70 Å². The minimum atomic E-state index is -0.309. The number of pyridine rings is 1. The monoisotopic (exact) mass is 421 g/mol. The summed E-state index contributed by atoms with van der Waals surface area (Å²) in [5.74, 6) is 1.12. The van der Waals surface area contributed by atoms with Crippen LogP contribution in [0.15, 0.2) is 48.3 Å². The molecule has 1 saturated heterocycles. The SMILES string of the molecule is COc1ccc(C2=C(N3CCC(C)CC3)C(=O)N(Cc3ccccn3)C2=O)cc1OC. The van der Waals surface area contributed by atoms with Gasteiger partial charge >= 0.3 is 0 Å². The van der Waals surface area contributed by atoms with Crippen molar-refractivity contribution >= 4 is 17.4 Å². The smallest absolute Gasteiger partial charge is 0.278 e. The van der Waals surface area contributed by atoms with Crippen LogP contribution in [0.4, 0.5) is 0 Å². The Labute approximate surface area is 182 Å². The van der Waals surface area contributed by atoms with E-state index in [1.54, 1.807) is 38.6 Å². The molecular formula is C24H27N3O4. The molecule has 0 radical (unpaired) electrons. The van der Waals surface area contributed by atoms with Crippen molar-refractivity contribution in [3.05, 3.63) is 59.5 Å². The Bertz CT molecular complexity index is 1010. The van der Waals surface area contributed by atoms with Gasteiger partial charge in [-0.05, 0) is 48.6 Å². The molecule has 0 N–H and O–H groups in total. The summed E-state index contributed by atoms with van der Waals surface area (Å²) in [4.78, 5) is 34.6. The standard InChI is InChI=1S/C24H27N3O4/c1-16-9-12-26(13-10-16)22-21(17-7-8-19(30-2)20(14-17)31-3)23(28)27(24(22)29)15-18-6-4-5-11-25-18/h4-8,11,14,16H,9-10,12-13,15H2,1-3H3. The summed E-state index contributed by atoms with van der Waals surface area (Å²) in [5.41, 5.74) is 2.20. The van der Waals surface area contributed by atoms with E-state index in [2.05, 4.69) is 16.8 Å². The number of amides is 2. The summed E-state index contributed by atoms with van der Waals surface area (Å²) in [6.45, 7) is 3.87. The second-order valence-corrected chi connectivity index (χ2v) is 7.98. The fraction of sp³-hybridized carbons (Fsp3) is 0.375. The Morgan fingerprint density at radius 3 is 2.39 bits per heavy atom. The van der Waals surface area contributed by atoms with Gasteiger partial charge in [0.2, 0.25) is 0 Å². The number of carbonyl (C=O) groups is 2. The van der Waals surface area contributed by atoms with Gasteiger partial charge in [-0.3, -0.25) is 19.5 Å². The molecule has 0 spiro atoms. The van der Waals surface area contributed by atoms with E-state index in [-0.39, 0.29) is 18.4 Å². The third-order valence-electron chi connectivity index (χ3n) is 5.96. The summed E-state index contributed by atoms with van der Waals surface area (Å²) in [6, 6.07) is 10.8. The first-order valence-corrected chi connectivity index (χ1v) is 10.5. The number of hydrogen-bond donors (Lipinski definition) is 0. The summed E-state index contributed by atoms with van der Waals surface area (Å²) in [7, 11) is 3.12. The van der Waals surface area contributed by atoms with Gasteiger partial charge in [0.15, 0.2) is 11.5 Å². The van der Waals surface area contributed by atoms with E-state index in [9.17, 15) is 9.59 Å². The fourth-order valence-electron chi connectivity index (χ4n) is 4.14. The van der Waals surface area contributed by atoms with Gasteiger partial charge < -0.3 is 14.4 Å². The van der Waals surface area contributed by atoms with Crippen molar-refractivity contribution < 1.29 is 19.1 Å². The first kappa shape index (κ1) is 20.9. The number of aromatic nitrogens is 1. The van der Waals surface area contributed by atoms with Gasteiger partial charge in [-0.2, -0.15) is 0 Å². The van der Waals surface area contributed by atoms with E-state index in [4.69, 9.17) is 9.47 Å². The van der Waals surface area contributed by atoms with Crippen molar-refractivity contribution in [2.24, 2.45) is 5.92 Å². The Morgan fingerprint density at radius 2 is 1.74 bits per heavy atom. The molecule has 7 nitrogen and oxygen atoms in total. The van der Waals surface area contributed by atoms with Crippen LogP contribution in [0.5, 0.6) is 11.5 Å². The molecule has 7 heteroatoms. The van der Waals surface area contributed by atoms with Crippen molar-refractivity contribution in [3.63, 3.8) is 0 Å². The molecule has 1 aromatic carbocycles. The van der Waals surface area contributed by atoms with Crippen LogP contribution in [-0.2, 0) is 16.1 Å². The molecule has 4 rings (SSSR count). The molecule has 2 aliphatic heterocycles. The molecule has 0 saturated carbocycles. The highest BCUT2D eigenvalue weighted by atomic mass is 16.5. The molecule has 1 aromatic heterocycles.